The van der Waals surface area contributed by atoms with Gasteiger partial charge in [-0.3, -0.25) is 0 Å². The zero-order valence-corrected chi connectivity index (χ0v) is 18.0. The Labute approximate surface area is 174 Å². The van der Waals surface area contributed by atoms with Crippen LogP contribution in [0.4, 0.5) is 8.78 Å². The maximum atomic E-state index is 14.8. The molecule has 1 aliphatic rings. The third-order valence-electron chi connectivity index (χ3n) is 5.81. The summed E-state index contributed by atoms with van der Waals surface area (Å²) in [6.07, 6.45) is 1.27. The lowest BCUT2D eigenvalue weighted by Crippen LogP contribution is -2.41. The van der Waals surface area contributed by atoms with Gasteiger partial charge in [0, 0.05) is 23.1 Å². The fourth-order valence-electron chi connectivity index (χ4n) is 3.50. The minimum absolute atomic E-state index is 0.0997. The summed E-state index contributed by atoms with van der Waals surface area (Å²) in [7, 11) is -4.96. The molecule has 0 N–H and O–H groups in total. The smallest absolute Gasteiger partial charge is 0.399 e. The van der Waals surface area contributed by atoms with E-state index in [0.29, 0.717) is 11.6 Å². The van der Waals surface area contributed by atoms with Gasteiger partial charge in [-0.1, -0.05) is 30.3 Å². The second-order valence-corrected chi connectivity index (χ2v) is 10.3. The Balaban J connectivity index is 1.88. The number of aromatic nitrogens is 1. The molecule has 0 atom stereocenters. The molecule has 158 valence electrons. The topological polar surface area (TPSA) is 57.5 Å². The van der Waals surface area contributed by atoms with E-state index in [1.807, 2.05) is 27.7 Å². The molecular weight excluding hydrogens is 411 g/mol. The molecular formula is C21H22BF2NO4S. The standard InChI is InChI=1S/C21H22BF2NO4S/c1-20(2)21(3,4)29-22(28-20)17-12-25(19-16(17)10-15(23)11-18(19)24)30(26,27)13-14-8-6-5-7-9-14/h5-12H,13H2,1-4H3. The molecule has 0 radical (unpaired) electrons. The fourth-order valence-corrected chi connectivity index (χ4v) is 4.99. The largest absolute Gasteiger partial charge is 0.497 e. The van der Waals surface area contributed by atoms with Crippen molar-refractivity contribution in [3.63, 3.8) is 0 Å². The molecule has 0 aliphatic carbocycles. The molecule has 1 aliphatic heterocycles. The number of halogens is 2. The van der Waals surface area contributed by atoms with Crippen LogP contribution in [-0.2, 0) is 25.1 Å². The number of fused-ring (bicyclic) bond motifs is 1. The van der Waals surface area contributed by atoms with Crippen molar-refractivity contribution in [2.45, 2.75) is 44.6 Å². The molecule has 5 nitrogen and oxygen atoms in total. The number of benzene rings is 2. The van der Waals surface area contributed by atoms with Crippen molar-refractivity contribution in [2.75, 3.05) is 0 Å². The number of rotatable bonds is 4. The SMILES string of the molecule is CC1(C)OB(c2cn(S(=O)(=O)Cc3ccccc3)c3c(F)cc(F)cc23)OC1(C)C. The van der Waals surface area contributed by atoms with Crippen LogP contribution in [0.15, 0.2) is 48.7 Å². The van der Waals surface area contributed by atoms with Crippen molar-refractivity contribution in [1.29, 1.82) is 0 Å². The van der Waals surface area contributed by atoms with Gasteiger partial charge in [-0.25, -0.2) is 21.2 Å². The van der Waals surface area contributed by atoms with E-state index in [2.05, 4.69) is 0 Å². The quantitative estimate of drug-likeness (QED) is 0.591. The van der Waals surface area contributed by atoms with Gasteiger partial charge in [-0.2, -0.15) is 0 Å². The highest BCUT2D eigenvalue weighted by Crippen LogP contribution is 2.37. The van der Waals surface area contributed by atoms with E-state index < -0.39 is 40.0 Å². The normalized spacial score (nSPS) is 18.3. The van der Waals surface area contributed by atoms with E-state index in [9.17, 15) is 17.2 Å². The number of hydrogen-bond acceptors (Lipinski definition) is 4. The van der Waals surface area contributed by atoms with E-state index in [1.165, 1.54) is 6.20 Å². The second-order valence-electron chi connectivity index (χ2n) is 8.49. The van der Waals surface area contributed by atoms with Gasteiger partial charge < -0.3 is 9.31 Å². The molecule has 1 fully saturated rings. The molecule has 30 heavy (non-hydrogen) atoms. The maximum absolute atomic E-state index is 14.8. The van der Waals surface area contributed by atoms with Crippen LogP contribution >= 0.6 is 0 Å². The fraction of sp³-hybridized carbons (Fsp3) is 0.333. The van der Waals surface area contributed by atoms with E-state index >= 15 is 0 Å². The highest BCUT2D eigenvalue weighted by molar-refractivity contribution is 7.89. The average molecular weight is 433 g/mol. The lowest BCUT2D eigenvalue weighted by atomic mass is 9.79. The average Bonchev–Trinajstić information content (AvgIpc) is 3.11. The van der Waals surface area contributed by atoms with Crippen LogP contribution in [0.25, 0.3) is 10.9 Å². The molecule has 1 saturated heterocycles. The zero-order chi connectivity index (χ0) is 21.9. The Kier molecular flexibility index (Phi) is 4.84. The van der Waals surface area contributed by atoms with Crippen molar-refractivity contribution in [2.24, 2.45) is 0 Å². The molecule has 0 saturated carbocycles. The minimum Gasteiger partial charge on any atom is -0.399 e. The summed E-state index contributed by atoms with van der Waals surface area (Å²) in [5.74, 6) is -2.11. The van der Waals surface area contributed by atoms with E-state index in [0.717, 1.165) is 10.0 Å². The highest BCUT2D eigenvalue weighted by atomic mass is 32.2. The molecule has 2 heterocycles. The van der Waals surface area contributed by atoms with Gasteiger partial charge in [0.25, 0.3) is 0 Å². The van der Waals surface area contributed by atoms with Crippen molar-refractivity contribution >= 4 is 33.5 Å². The summed E-state index contributed by atoms with van der Waals surface area (Å²) in [6, 6.07) is 10.4. The summed E-state index contributed by atoms with van der Waals surface area (Å²) in [5, 5.41) is 0.0997. The van der Waals surface area contributed by atoms with E-state index in [1.54, 1.807) is 30.3 Å². The van der Waals surface area contributed by atoms with Crippen molar-refractivity contribution in [3.05, 3.63) is 65.9 Å². The van der Waals surface area contributed by atoms with Crippen LogP contribution in [0.2, 0.25) is 0 Å². The third kappa shape index (κ3) is 3.44. The van der Waals surface area contributed by atoms with Crippen LogP contribution in [-0.4, -0.2) is 30.7 Å². The van der Waals surface area contributed by atoms with Gasteiger partial charge in [-0.05, 0) is 39.3 Å². The first-order valence-electron chi connectivity index (χ1n) is 9.54. The molecule has 9 heteroatoms. The molecule has 4 rings (SSSR count). The minimum atomic E-state index is -4.00. The number of hydrogen-bond donors (Lipinski definition) is 0. The van der Waals surface area contributed by atoms with Gasteiger partial charge in [0.05, 0.1) is 22.5 Å². The Morgan fingerprint density at radius 2 is 1.60 bits per heavy atom. The summed E-state index contributed by atoms with van der Waals surface area (Å²) in [6.45, 7) is 7.39. The first-order valence-corrected chi connectivity index (χ1v) is 11.1. The van der Waals surface area contributed by atoms with Crippen LogP contribution in [0.1, 0.15) is 33.3 Å². The van der Waals surface area contributed by atoms with Crippen LogP contribution < -0.4 is 5.46 Å². The van der Waals surface area contributed by atoms with Crippen LogP contribution in [0.3, 0.4) is 0 Å². The molecule has 3 aromatic rings. The summed E-state index contributed by atoms with van der Waals surface area (Å²) in [5.41, 5.74) is -0.795. The molecule has 0 amide bonds. The third-order valence-corrected chi connectivity index (χ3v) is 7.40. The predicted octanol–water partition coefficient (Wildman–Crippen LogP) is 3.60. The van der Waals surface area contributed by atoms with Crippen LogP contribution in [0, 0.1) is 11.6 Å². The monoisotopic (exact) mass is 433 g/mol. The van der Waals surface area contributed by atoms with Gasteiger partial charge in [0.2, 0.25) is 10.0 Å². The first-order chi connectivity index (χ1) is 13.9. The first kappa shape index (κ1) is 21.0. The Bertz CT molecular complexity index is 1210. The van der Waals surface area contributed by atoms with Gasteiger partial charge >= 0.3 is 7.12 Å². The molecule has 0 unspecified atom stereocenters. The maximum Gasteiger partial charge on any atom is 0.497 e. The van der Waals surface area contributed by atoms with Crippen LogP contribution in [0.5, 0.6) is 0 Å². The van der Waals surface area contributed by atoms with Crippen molar-refractivity contribution in [3.8, 4) is 0 Å². The molecule has 2 aromatic carbocycles. The Hall–Kier alpha value is -2.23. The molecule has 1 aromatic heterocycles. The lowest BCUT2D eigenvalue weighted by molar-refractivity contribution is 0.00578. The summed E-state index contributed by atoms with van der Waals surface area (Å²) < 4.78 is 68.0. The molecule has 0 spiro atoms. The molecule has 0 bridgehead atoms. The predicted molar refractivity (Wildman–Crippen MR) is 112 cm³/mol. The Morgan fingerprint density at radius 1 is 1.00 bits per heavy atom. The number of nitrogens with zero attached hydrogens (tertiary/aromatic N) is 1. The summed E-state index contributed by atoms with van der Waals surface area (Å²) in [4.78, 5) is 0. The van der Waals surface area contributed by atoms with Gasteiger partial charge in [0.15, 0.2) is 5.82 Å². The van der Waals surface area contributed by atoms with E-state index in [4.69, 9.17) is 9.31 Å². The lowest BCUT2D eigenvalue weighted by Gasteiger charge is -2.32. The summed E-state index contributed by atoms with van der Waals surface area (Å²) >= 11 is 0. The second kappa shape index (κ2) is 6.90. The van der Waals surface area contributed by atoms with Gasteiger partial charge in [0.1, 0.15) is 5.82 Å². The van der Waals surface area contributed by atoms with Gasteiger partial charge in [-0.15, -0.1) is 0 Å². The zero-order valence-electron chi connectivity index (χ0n) is 17.1. The van der Waals surface area contributed by atoms with Crippen molar-refractivity contribution < 1.29 is 26.5 Å². The Morgan fingerprint density at radius 3 is 2.20 bits per heavy atom. The van der Waals surface area contributed by atoms with Crippen molar-refractivity contribution in [1.82, 2.24) is 3.97 Å². The van der Waals surface area contributed by atoms with E-state index in [-0.39, 0.29) is 22.1 Å². The highest BCUT2D eigenvalue weighted by Gasteiger charge is 2.52.